The summed E-state index contributed by atoms with van der Waals surface area (Å²) in [7, 11) is 3.54. The second-order valence-electron chi connectivity index (χ2n) is 10.1. The minimum absolute atomic E-state index is 0.382. The number of pyridine rings is 1. The van der Waals surface area contributed by atoms with Crippen LogP contribution in [0.25, 0.3) is 11.0 Å². The first-order chi connectivity index (χ1) is 18.9. The topological polar surface area (TPSA) is 85.5 Å². The summed E-state index contributed by atoms with van der Waals surface area (Å²) >= 11 is 5.72. The van der Waals surface area contributed by atoms with Crippen LogP contribution in [0, 0.1) is 6.92 Å². The van der Waals surface area contributed by atoms with E-state index in [1.807, 2.05) is 6.07 Å². The molecule has 1 saturated heterocycles. The molecule has 0 radical (unpaired) electrons. The summed E-state index contributed by atoms with van der Waals surface area (Å²) in [6, 6.07) is 18.5. The summed E-state index contributed by atoms with van der Waals surface area (Å²) in [6.07, 6.45) is 1.75. The lowest BCUT2D eigenvalue weighted by atomic mass is 10.1. The number of aromatic nitrogens is 2. The van der Waals surface area contributed by atoms with E-state index in [-0.39, 0.29) is 0 Å². The third-order valence-electron chi connectivity index (χ3n) is 7.18. The number of thiocarbonyl (C=S) groups is 1. The number of nitrogens with zero attached hydrogens (tertiary/aromatic N) is 3. The number of H-pyrrole nitrogens is 1. The number of anilines is 2. The number of ether oxygens (including phenoxy) is 1. The monoisotopic (exact) mass is 542 g/mol. The Labute approximate surface area is 234 Å². The van der Waals surface area contributed by atoms with Gasteiger partial charge in [-0.2, -0.15) is 0 Å². The molecule has 8 nitrogen and oxygen atoms in total. The lowest BCUT2D eigenvalue weighted by Crippen LogP contribution is -2.43. The fraction of sp³-hybridized carbons (Fsp3) is 0.300. The number of carbonyl (C=O) groups is 1. The molecule has 9 heteroatoms. The number of fused-ring (bicyclic) bond motifs is 1. The van der Waals surface area contributed by atoms with E-state index in [0.717, 1.165) is 60.6 Å². The van der Waals surface area contributed by atoms with Crippen molar-refractivity contribution in [3.63, 3.8) is 0 Å². The van der Waals surface area contributed by atoms with Gasteiger partial charge in [-0.3, -0.25) is 4.90 Å². The van der Waals surface area contributed by atoms with E-state index in [4.69, 9.17) is 17.0 Å². The Kier molecular flexibility index (Phi) is 8.21. The lowest BCUT2D eigenvalue weighted by molar-refractivity contribution is 0.0595. The normalized spacial score (nSPS) is 14.3. The molecule has 1 fully saturated rings. The van der Waals surface area contributed by atoms with Crippen molar-refractivity contribution in [2.45, 2.75) is 20.0 Å². The van der Waals surface area contributed by atoms with E-state index < -0.39 is 5.97 Å². The Morgan fingerprint density at radius 1 is 1.05 bits per heavy atom. The zero-order chi connectivity index (χ0) is 27.4. The van der Waals surface area contributed by atoms with Gasteiger partial charge in [-0.05, 0) is 54.9 Å². The van der Waals surface area contributed by atoms with Gasteiger partial charge in [0.1, 0.15) is 16.3 Å². The summed E-state index contributed by atoms with van der Waals surface area (Å²) < 4.78 is 4.79. The first-order valence-electron chi connectivity index (χ1n) is 13.1. The van der Waals surface area contributed by atoms with Gasteiger partial charge in [0.15, 0.2) is 0 Å². The van der Waals surface area contributed by atoms with Crippen LogP contribution in [0.2, 0.25) is 0 Å². The predicted molar refractivity (Wildman–Crippen MR) is 160 cm³/mol. The van der Waals surface area contributed by atoms with Gasteiger partial charge in [-0.15, -0.1) is 0 Å². The number of hydrogen-bond acceptors (Lipinski definition) is 7. The van der Waals surface area contributed by atoms with E-state index in [1.165, 1.54) is 18.2 Å². The highest BCUT2D eigenvalue weighted by Crippen LogP contribution is 2.21. The number of rotatable bonds is 8. The number of likely N-dealkylation sites (N-methyl/N-ethyl adjacent to an activating group) is 1. The van der Waals surface area contributed by atoms with Crippen molar-refractivity contribution in [2.75, 3.05) is 51.0 Å². The van der Waals surface area contributed by atoms with Crippen LogP contribution in [0.4, 0.5) is 11.4 Å². The van der Waals surface area contributed by atoms with Crippen LogP contribution in [0.3, 0.4) is 0 Å². The first-order valence-corrected chi connectivity index (χ1v) is 13.5. The Bertz CT molecular complexity index is 1470. The van der Waals surface area contributed by atoms with Gasteiger partial charge in [0.25, 0.3) is 0 Å². The SMILES string of the molecule is COC(=O)c1cc2cc(NCc3cc(NC(=S)c4ccc(CN5CCN(C)CC5)cc4)ccc3C)cnc2[nH]1. The molecule has 4 aromatic rings. The van der Waals surface area contributed by atoms with Crippen LogP contribution in [-0.4, -0.2) is 71.1 Å². The van der Waals surface area contributed by atoms with Crippen molar-refractivity contribution in [1.82, 2.24) is 19.8 Å². The molecule has 0 saturated carbocycles. The predicted octanol–water partition coefficient (Wildman–Crippen LogP) is 4.81. The molecule has 0 bridgehead atoms. The molecule has 3 N–H and O–H groups in total. The maximum Gasteiger partial charge on any atom is 0.354 e. The summed E-state index contributed by atoms with van der Waals surface area (Å²) in [4.78, 5) is 24.8. The molecule has 39 heavy (non-hydrogen) atoms. The molecule has 202 valence electrons. The molecule has 0 aliphatic carbocycles. The maximum atomic E-state index is 11.8. The second kappa shape index (κ2) is 11.9. The summed E-state index contributed by atoms with van der Waals surface area (Å²) in [6.45, 7) is 8.15. The van der Waals surface area contributed by atoms with Gasteiger partial charge >= 0.3 is 5.97 Å². The van der Waals surface area contributed by atoms with Crippen LogP contribution >= 0.6 is 12.2 Å². The summed E-state index contributed by atoms with van der Waals surface area (Å²) in [5.74, 6) is -0.415. The van der Waals surface area contributed by atoms with Crippen LogP contribution in [-0.2, 0) is 17.8 Å². The zero-order valence-corrected chi connectivity index (χ0v) is 23.4. The number of hydrogen-bond donors (Lipinski definition) is 3. The highest BCUT2D eigenvalue weighted by Gasteiger charge is 2.14. The van der Waals surface area contributed by atoms with Crippen LogP contribution in [0.5, 0.6) is 0 Å². The molecule has 5 rings (SSSR count). The standard InChI is InChI=1S/C30H34N6O2S/c1-20-4-9-25(33-29(39)22-7-5-21(6-8-22)19-36-12-10-35(2)11-13-36)15-24(20)17-31-26-14-23-16-27(30(37)38-3)34-28(23)32-18-26/h4-9,14-16,18,31H,10-13,17,19H2,1-3H3,(H,32,34)(H,33,39). The Balaban J connectivity index is 1.19. The van der Waals surface area contributed by atoms with E-state index >= 15 is 0 Å². The minimum Gasteiger partial charge on any atom is -0.464 e. The molecule has 0 unspecified atom stereocenters. The molecule has 1 aliphatic rings. The molecular formula is C30H34N6O2S. The minimum atomic E-state index is -0.415. The maximum absolute atomic E-state index is 11.8. The third kappa shape index (κ3) is 6.62. The van der Waals surface area contributed by atoms with Crippen molar-refractivity contribution in [1.29, 1.82) is 0 Å². The number of aryl methyl sites for hydroxylation is 1. The average Bonchev–Trinajstić information content (AvgIpc) is 3.38. The second-order valence-corrected chi connectivity index (χ2v) is 10.5. The van der Waals surface area contributed by atoms with Gasteiger partial charge in [0.2, 0.25) is 0 Å². The van der Waals surface area contributed by atoms with E-state index in [1.54, 1.807) is 12.3 Å². The highest BCUT2D eigenvalue weighted by atomic mass is 32.1. The largest absolute Gasteiger partial charge is 0.464 e. The van der Waals surface area contributed by atoms with Gasteiger partial charge in [-0.1, -0.05) is 42.5 Å². The van der Waals surface area contributed by atoms with Crippen LogP contribution in [0.1, 0.15) is 32.7 Å². The van der Waals surface area contributed by atoms with E-state index in [0.29, 0.717) is 22.9 Å². The first kappa shape index (κ1) is 26.8. The van der Waals surface area contributed by atoms with Crippen molar-refractivity contribution in [2.24, 2.45) is 0 Å². The van der Waals surface area contributed by atoms with E-state index in [2.05, 4.69) is 86.8 Å². The van der Waals surface area contributed by atoms with Gasteiger partial charge in [0.05, 0.1) is 19.0 Å². The Hall–Kier alpha value is -3.79. The van der Waals surface area contributed by atoms with Gasteiger partial charge in [-0.25, -0.2) is 9.78 Å². The molecule has 0 amide bonds. The van der Waals surface area contributed by atoms with Crippen LogP contribution in [0.15, 0.2) is 60.8 Å². The number of piperazine rings is 1. The number of nitrogens with one attached hydrogen (secondary N) is 3. The number of methoxy groups -OCH3 is 1. The molecule has 1 aliphatic heterocycles. The Morgan fingerprint density at radius 2 is 1.82 bits per heavy atom. The van der Waals surface area contributed by atoms with Gasteiger partial charge < -0.3 is 25.3 Å². The van der Waals surface area contributed by atoms with Crippen molar-refractivity contribution < 1.29 is 9.53 Å². The van der Waals surface area contributed by atoms with Crippen molar-refractivity contribution >= 4 is 45.6 Å². The average molecular weight is 543 g/mol. The molecule has 2 aromatic heterocycles. The number of carbonyl (C=O) groups excluding carboxylic acids is 1. The number of benzene rings is 2. The van der Waals surface area contributed by atoms with Crippen LogP contribution < -0.4 is 10.6 Å². The Morgan fingerprint density at radius 3 is 2.56 bits per heavy atom. The zero-order valence-electron chi connectivity index (χ0n) is 22.6. The molecule has 2 aromatic carbocycles. The molecule has 0 spiro atoms. The molecule has 3 heterocycles. The number of esters is 1. The third-order valence-corrected chi connectivity index (χ3v) is 7.52. The van der Waals surface area contributed by atoms with Gasteiger partial charge in [0, 0.05) is 55.9 Å². The van der Waals surface area contributed by atoms with Crippen molar-refractivity contribution in [3.8, 4) is 0 Å². The highest BCUT2D eigenvalue weighted by molar-refractivity contribution is 7.81. The van der Waals surface area contributed by atoms with E-state index in [9.17, 15) is 4.79 Å². The fourth-order valence-corrected chi connectivity index (χ4v) is 4.95. The summed E-state index contributed by atoms with van der Waals surface area (Å²) in [5.41, 5.74) is 7.48. The quantitative estimate of drug-likeness (QED) is 0.216. The lowest BCUT2D eigenvalue weighted by Gasteiger charge is -2.32. The molecule has 0 atom stereocenters. The fourth-order valence-electron chi connectivity index (χ4n) is 4.70. The van der Waals surface area contributed by atoms with Crippen molar-refractivity contribution in [3.05, 3.63) is 88.7 Å². The smallest absolute Gasteiger partial charge is 0.354 e. The summed E-state index contributed by atoms with van der Waals surface area (Å²) in [5, 5.41) is 7.68. The molecular weight excluding hydrogens is 508 g/mol. The number of aromatic amines is 1.